The molecule has 0 saturated carbocycles. The average molecular weight is 524 g/mol. The Morgan fingerprint density at radius 1 is 1.03 bits per heavy atom. The zero-order valence-electron chi connectivity index (χ0n) is 22.9. The molecule has 9 heteroatoms. The molecule has 0 radical (unpaired) electrons. The van der Waals surface area contributed by atoms with Crippen molar-refractivity contribution >= 4 is 10.9 Å². The lowest BCUT2D eigenvalue weighted by Gasteiger charge is -2.33. The molecule has 9 nitrogen and oxygen atoms in total. The van der Waals surface area contributed by atoms with Gasteiger partial charge in [-0.15, -0.1) is 5.10 Å². The van der Waals surface area contributed by atoms with E-state index in [9.17, 15) is 4.79 Å². The number of para-hydroxylation sites is 1. The standard InChI is InChI=1S/C30H33N7O2/c1-20-8-6-10-23-16-25(29(38)32-26(20)23)27(28-33-34-35-37(28)30(2,3)4)36(19-22-9-7-15-31-17-22)18-21-11-13-24(39-5)14-12-21/h6-17,27H,18-19H2,1-5H3,(H,32,38)/t27-/m1/s1. The highest BCUT2D eigenvalue weighted by molar-refractivity contribution is 5.82. The van der Waals surface area contributed by atoms with E-state index in [1.165, 1.54) is 0 Å². The van der Waals surface area contributed by atoms with Crippen LogP contribution < -0.4 is 10.3 Å². The number of nitrogens with zero attached hydrogens (tertiary/aromatic N) is 6. The number of aryl methyl sites for hydroxylation is 1. The lowest BCUT2D eigenvalue weighted by molar-refractivity contribution is 0.184. The van der Waals surface area contributed by atoms with Crippen LogP contribution >= 0.6 is 0 Å². The van der Waals surface area contributed by atoms with Gasteiger partial charge in [0.15, 0.2) is 5.82 Å². The third kappa shape index (κ3) is 5.58. The van der Waals surface area contributed by atoms with Gasteiger partial charge in [-0.3, -0.25) is 14.7 Å². The summed E-state index contributed by atoms with van der Waals surface area (Å²) in [5.41, 5.74) is 3.91. The van der Waals surface area contributed by atoms with E-state index in [-0.39, 0.29) is 5.56 Å². The van der Waals surface area contributed by atoms with E-state index in [1.54, 1.807) is 13.3 Å². The van der Waals surface area contributed by atoms with Gasteiger partial charge in [0, 0.05) is 31.0 Å². The molecule has 0 bridgehead atoms. The first-order chi connectivity index (χ1) is 18.7. The molecule has 39 heavy (non-hydrogen) atoms. The quantitative estimate of drug-likeness (QED) is 0.312. The monoisotopic (exact) mass is 523 g/mol. The minimum absolute atomic E-state index is 0.170. The van der Waals surface area contributed by atoms with E-state index in [0.717, 1.165) is 33.3 Å². The van der Waals surface area contributed by atoms with Gasteiger partial charge >= 0.3 is 0 Å². The number of methoxy groups -OCH3 is 1. The Hall–Kier alpha value is -4.37. The summed E-state index contributed by atoms with van der Waals surface area (Å²) >= 11 is 0. The number of ether oxygens (including phenoxy) is 1. The fraction of sp³-hybridized carbons (Fsp3) is 0.300. The van der Waals surface area contributed by atoms with Gasteiger partial charge in [0.2, 0.25) is 0 Å². The number of rotatable bonds is 8. The van der Waals surface area contributed by atoms with Gasteiger partial charge in [0.05, 0.1) is 18.2 Å². The first-order valence-corrected chi connectivity index (χ1v) is 12.9. The van der Waals surface area contributed by atoms with Crippen molar-refractivity contribution in [3.05, 3.63) is 111 Å². The third-order valence-electron chi connectivity index (χ3n) is 6.80. The summed E-state index contributed by atoms with van der Waals surface area (Å²) in [7, 11) is 1.65. The molecule has 0 amide bonds. The topological polar surface area (TPSA) is 102 Å². The Labute approximate surface area is 227 Å². The van der Waals surface area contributed by atoms with E-state index in [1.807, 2.05) is 99.2 Å². The lowest BCUT2D eigenvalue weighted by atomic mass is 9.99. The van der Waals surface area contributed by atoms with Gasteiger partial charge in [-0.25, -0.2) is 4.68 Å². The maximum absolute atomic E-state index is 13.8. The number of H-pyrrole nitrogens is 1. The van der Waals surface area contributed by atoms with E-state index in [4.69, 9.17) is 4.74 Å². The lowest BCUT2D eigenvalue weighted by Crippen LogP contribution is -2.37. The highest BCUT2D eigenvalue weighted by atomic mass is 16.5. The number of pyridine rings is 2. The normalized spacial score (nSPS) is 12.7. The molecule has 0 saturated heterocycles. The summed E-state index contributed by atoms with van der Waals surface area (Å²) < 4.78 is 7.18. The smallest absolute Gasteiger partial charge is 0.253 e. The van der Waals surface area contributed by atoms with Crippen LogP contribution in [0.2, 0.25) is 0 Å². The van der Waals surface area contributed by atoms with Gasteiger partial charge in [-0.05, 0) is 84.5 Å². The molecule has 0 spiro atoms. The van der Waals surface area contributed by atoms with E-state index >= 15 is 0 Å². The van der Waals surface area contributed by atoms with Crippen LogP contribution in [0.3, 0.4) is 0 Å². The molecule has 3 heterocycles. The van der Waals surface area contributed by atoms with Crippen LogP contribution in [0.4, 0.5) is 0 Å². The number of fused-ring (bicyclic) bond motifs is 1. The number of aromatic nitrogens is 6. The summed E-state index contributed by atoms with van der Waals surface area (Å²) in [5, 5.41) is 13.9. The van der Waals surface area contributed by atoms with Crippen molar-refractivity contribution in [1.29, 1.82) is 0 Å². The van der Waals surface area contributed by atoms with Crippen molar-refractivity contribution in [3.63, 3.8) is 0 Å². The van der Waals surface area contributed by atoms with Crippen molar-refractivity contribution in [1.82, 2.24) is 35.1 Å². The van der Waals surface area contributed by atoms with Crippen LogP contribution in [0, 0.1) is 6.92 Å². The molecule has 0 aliphatic rings. The fourth-order valence-corrected chi connectivity index (χ4v) is 4.87. The summed E-state index contributed by atoms with van der Waals surface area (Å²) in [6.07, 6.45) is 3.60. The molecule has 0 fully saturated rings. The molecule has 0 unspecified atom stereocenters. The van der Waals surface area contributed by atoms with Gasteiger partial charge in [0.25, 0.3) is 5.56 Å². The maximum Gasteiger partial charge on any atom is 0.253 e. The Kier molecular flexibility index (Phi) is 7.26. The minimum Gasteiger partial charge on any atom is -0.497 e. The van der Waals surface area contributed by atoms with E-state index in [0.29, 0.717) is 24.5 Å². The number of aromatic amines is 1. The number of tetrazole rings is 1. The Balaban J connectivity index is 1.72. The first kappa shape index (κ1) is 26.2. The first-order valence-electron chi connectivity index (χ1n) is 12.9. The summed E-state index contributed by atoms with van der Waals surface area (Å²) in [4.78, 5) is 23.5. The summed E-state index contributed by atoms with van der Waals surface area (Å²) in [6, 6.07) is 19.3. The predicted molar refractivity (Wildman–Crippen MR) is 150 cm³/mol. The van der Waals surface area contributed by atoms with Crippen molar-refractivity contribution in [2.45, 2.75) is 52.4 Å². The SMILES string of the molecule is COc1ccc(CN(Cc2cccnc2)[C@H](c2cc3cccc(C)c3[nH]c2=O)c2nnnn2C(C)(C)C)cc1. The molecule has 1 atom stereocenters. The van der Waals surface area contributed by atoms with Crippen molar-refractivity contribution < 1.29 is 4.74 Å². The fourth-order valence-electron chi connectivity index (χ4n) is 4.87. The highest BCUT2D eigenvalue weighted by Gasteiger charge is 2.33. The highest BCUT2D eigenvalue weighted by Crippen LogP contribution is 2.32. The van der Waals surface area contributed by atoms with Crippen LogP contribution in [0.15, 0.2) is 77.9 Å². The van der Waals surface area contributed by atoms with Gasteiger partial charge in [0.1, 0.15) is 11.8 Å². The Bertz CT molecular complexity index is 1620. The molecule has 5 aromatic rings. The third-order valence-corrected chi connectivity index (χ3v) is 6.80. The molecule has 2 aromatic carbocycles. The van der Waals surface area contributed by atoms with Crippen LogP contribution in [0.5, 0.6) is 5.75 Å². The predicted octanol–water partition coefficient (Wildman–Crippen LogP) is 4.77. The zero-order chi connectivity index (χ0) is 27.6. The van der Waals surface area contributed by atoms with Crippen LogP contribution in [-0.2, 0) is 18.6 Å². The molecule has 3 aromatic heterocycles. The number of hydrogen-bond donors (Lipinski definition) is 1. The summed E-state index contributed by atoms with van der Waals surface area (Å²) in [6.45, 7) is 9.19. The zero-order valence-corrected chi connectivity index (χ0v) is 22.9. The number of benzene rings is 2. The molecule has 0 aliphatic carbocycles. The van der Waals surface area contributed by atoms with E-state index < -0.39 is 11.6 Å². The van der Waals surface area contributed by atoms with Gasteiger partial charge < -0.3 is 9.72 Å². The Morgan fingerprint density at radius 2 is 1.79 bits per heavy atom. The molecular formula is C30H33N7O2. The van der Waals surface area contributed by atoms with Crippen LogP contribution in [0.1, 0.15) is 54.9 Å². The second kappa shape index (κ2) is 10.8. The molecule has 0 aliphatic heterocycles. The van der Waals surface area contributed by atoms with Crippen molar-refractivity contribution in [3.8, 4) is 5.75 Å². The molecular weight excluding hydrogens is 490 g/mol. The second-order valence-corrected chi connectivity index (χ2v) is 10.7. The number of hydrogen-bond acceptors (Lipinski definition) is 7. The minimum atomic E-state index is -0.546. The van der Waals surface area contributed by atoms with Crippen LogP contribution in [0.25, 0.3) is 10.9 Å². The number of nitrogens with one attached hydrogen (secondary N) is 1. The summed E-state index contributed by atoms with van der Waals surface area (Å²) in [5.74, 6) is 1.38. The Morgan fingerprint density at radius 3 is 2.49 bits per heavy atom. The van der Waals surface area contributed by atoms with Crippen molar-refractivity contribution in [2.24, 2.45) is 0 Å². The molecule has 1 N–H and O–H groups in total. The average Bonchev–Trinajstić information content (AvgIpc) is 3.41. The van der Waals surface area contributed by atoms with Gasteiger partial charge in [-0.2, -0.15) is 0 Å². The van der Waals surface area contributed by atoms with Crippen LogP contribution in [-0.4, -0.2) is 42.2 Å². The largest absolute Gasteiger partial charge is 0.497 e. The molecule has 200 valence electrons. The van der Waals surface area contributed by atoms with Gasteiger partial charge in [-0.1, -0.05) is 36.4 Å². The van der Waals surface area contributed by atoms with E-state index in [2.05, 4.69) is 30.4 Å². The second-order valence-electron chi connectivity index (χ2n) is 10.7. The van der Waals surface area contributed by atoms with Crippen molar-refractivity contribution in [2.75, 3.05) is 7.11 Å². The molecule has 5 rings (SSSR count). The maximum atomic E-state index is 13.8.